The van der Waals surface area contributed by atoms with E-state index in [0.29, 0.717) is 31.6 Å². The lowest BCUT2D eigenvalue weighted by molar-refractivity contribution is -0.157. The van der Waals surface area contributed by atoms with Gasteiger partial charge in [0.2, 0.25) is 5.89 Å². The molecule has 24 heavy (non-hydrogen) atoms. The topological polar surface area (TPSA) is 85.0 Å². The van der Waals surface area contributed by atoms with E-state index in [0.717, 1.165) is 0 Å². The molecule has 1 saturated heterocycles. The highest BCUT2D eigenvalue weighted by molar-refractivity contribution is 5.92. The Kier molecular flexibility index (Phi) is 4.20. The Morgan fingerprint density at radius 3 is 2.46 bits per heavy atom. The lowest BCUT2D eigenvalue weighted by atomic mass is 9.96. The van der Waals surface area contributed by atoms with E-state index in [2.05, 4.69) is 20.2 Å². The summed E-state index contributed by atoms with van der Waals surface area (Å²) < 4.78 is 42.2. The molecule has 2 aromatic rings. The Labute approximate surface area is 134 Å². The molecule has 3 heterocycles. The van der Waals surface area contributed by atoms with Crippen LogP contribution in [0.5, 0.6) is 0 Å². The van der Waals surface area contributed by atoms with Crippen molar-refractivity contribution in [1.82, 2.24) is 25.1 Å². The number of carbonyl (C=O) groups is 1. The lowest BCUT2D eigenvalue weighted by Gasteiger charge is -2.30. The quantitative estimate of drug-likeness (QED) is 0.832. The summed E-state index contributed by atoms with van der Waals surface area (Å²) >= 11 is 0. The summed E-state index contributed by atoms with van der Waals surface area (Å²) in [6, 6.07) is 0. The number of rotatable bonds is 2. The zero-order valence-electron chi connectivity index (χ0n) is 12.7. The van der Waals surface area contributed by atoms with Crippen LogP contribution in [0.1, 0.15) is 46.7 Å². The highest BCUT2D eigenvalue weighted by Gasteiger charge is 2.39. The number of piperidine rings is 1. The van der Waals surface area contributed by atoms with Gasteiger partial charge in [0.1, 0.15) is 5.69 Å². The first-order valence-electron chi connectivity index (χ1n) is 7.33. The molecule has 0 spiro atoms. The summed E-state index contributed by atoms with van der Waals surface area (Å²) in [7, 11) is 0. The maximum absolute atomic E-state index is 12.5. The van der Waals surface area contributed by atoms with Gasteiger partial charge in [-0.2, -0.15) is 13.2 Å². The van der Waals surface area contributed by atoms with Crippen molar-refractivity contribution in [3.05, 3.63) is 35.6 Å². The average molecular weight is 341 g/mol. The second-order valence-corrected chi connectivity index (χ2v) is 5.55. The lowest BCUT2D eigenvalue weighted by Crippen LogP contribution is -2.38. The van der Waals surface area contributed by atoms with Gasteiger partial charge in [0, 0.05) is 25.2 Å². The van der Waals surface area contributed by atoms with Crippen molar-refractivity contribution in [1.29, 1.82) is 0 Å². The molecule has 0 bridgehead atoms. The van der Waals surface area contributed by atoms with Crippen LogP contribution in [0, 0.1) is 6.92 Å². The van der Waals surface area contributed by atoms with Gasteiger partial charge in [-0.05, 0) is 19.8 Å². The number of aromatic nitrogens is 4. The molecule has 0 radical (unpaired) electrons. The van der Waals surface area contributed by atoms with Gasteiger partial charge in [-0.1, -0.05) is 0 Å². The molecule has 0 saturated carbocycles. The molecule has 0 atom stereocenters. The maximum atomic E-state index is 12.5. The van der Waals surface area contributed by atoms with Crippen LogP contribution in [0.3, 0.4) is 0 Å². The minimum atomic E-state index is -4.65. The summed E-state index contributed by atoms with van der Waals surface area (Å²) in [6.07, 6.45) is -0.824. The van der Waals surface area contributed by atoms with Crippen molar-refractivity contribution < 1.29 is 22.4 Å². The first kappa shape index (κ1) is 16.3. The molecule has 3 rings (SSSR count). The van der Waals surface area contributed by atoms with Gasteiger partial charge in [-0.25, -0.2) is 4.98 Å². The van der Waals surface area contributed by atoms with Crippen molar-refractivity contribution in [3.63, 3.8) is 0 Å². The number of amides is 1. The third-order valence-corrected chi connectivity index (χ3v) is 3.81. The number of carbonyl (C=O) groups excluding carboxylic acids is 1. The SMILES string of the molecule is Cc1cnc(C(=O)N2CCC(c3nnc(C(F)(F)F)o3)CC2)cn1. The summed E-state index contributed by atoms with van der Waals surface area (Å²) in [5.41, 5.74) is 0.957. The largest absolute Gasteiger partial charge is 0.470 e. The van der Waals surface area contributed by atoms with Crippen LogP contribution < -0.4 is 0 Å². The Bertz CT molecular complexity index is 721. The molecule has 1 amide bonds. The molecular formula is C14H14F3N5O2. The molecule has 1 aliphatic rings. The number of alkyl halides is 3. The van der Waals surface area contributed by atoms with Gasteiger partial charge in [0.15, 0.2) is 0 Å². The van der Waals surface area contributed by atoms with Crippen molar-refractivity contribution in [2.45, 2.75) is 31.9 Å². The first-order chi connectivity index (χ1) is 11.3. The molecule has 0 unspecified atom stereocenters. The van der Waals surface area contributed by atoms with E-state index in [-0.39, 0.29) is 23.4 Å². The third-order valence-electron chi connectivity index (χ3n) is 3.81. The Balaban J connectivity index is 1.62. The smallest absolute Gasteiger partial charge is 0.417 e. The fourth-order valence-electron chi connectivity index (χ4n) is 2.51. The highest BCUT2D eigenvalue weighted by atomic mass is 19.4. The van der Waals surface area contributed by atoms with Gasteiger partial charge >= 0.3 is 12.1 Å². The summed E-state index contributed by atoms with van der Waals surface area (Å²) in [5, 5.41) is 6.51. The Hall–Kier alpha value is -2.52. The van der Waals surface area contributed by atoms with Crippen molar-refractivity contribution in [2.24, 2.45) is 0 Å². The van der Waals surface area contributed by atoms with Crippen molar-refractivity contribution in [2.75, 3.05) is 13.1 Å². The van der Waals surface area contributed by atoms with Crippen molar-refractivity contribution in [3.8, 4) is 0 Å². The maximum Gasteiger partial charge on any atom is 0.470 e. The predicted octanol–water partition coefficient (Wildman–Crippen LogP) is 2.21. The molecule has 0 aromatic carbocycles. The number of hydrogen-bond donors (Lipinski definition) is 0. The van der Waals surface area contributed by atoms with Crippen LogP contribution in [0.15, 0.2) is 16.8 Å². The van der Waals surface area contributed by atoms with E-state index in [1.807, 2.05) is 0 Å². The van der Waals surface area contributed by atoms with Gasteiger partial charge in [-0.3, -0.25) is 9.78 Å². The number of nitrogens with zero attached hydrogens (tertiary/aromatic N) is 5. The number of aryl methyl sites for hydroxylation is 1. The molecule has 7 nitrogen and oxygen atoms in total. The zero-order chi connectivity index (χ0) is 17.3. The molecule has 2 aromatic heterocycles. The Morgan fingerprint density at radius 1 is 1.21 bits per heavy atom. The van der Waals surface area contributed by atoms with Crippen LogP contribution in [0.25, 0.3) is 0 Å². The highest BCUT2D eigenvalue weighted by Crippen LogP contribution is 2.32. The fourth-order valence-corrected chi connectivity index (χ4v) is 2.51. The van der Waals surface area contributed by atoms with E-state index in [1.165, 1.54) is 12.4 Å². The number of halogens is 3. The van der Waals surface area contributed by atoms with E-state index in [9.17, 15) is 18.0 Å². The monoisotopic (exact) mass is 341 g/mol. The van der Waals surface area contributed by atoms with Crippen LogP contribution in [0.2, 0.25) is 0 Å². The van der Waals surface area contributed by atoms with E-state index in [4.69, 9.17) is 4.42 Å². The number of hydrogen-bond acceptors (Lipinski definition) is 6. The van der Waals surface area contributed by atoms with Gasteiger partial charge in [0.25, 0.3) is 5.91 Å². The average Bonchev–Trinajstić information content (AvgIpc) is 3.05. The van der Waals surface area contributed by atoms with Gasteiger partial charge < -0.3 is 9.32 Å². The van der Waals surface area contributed by atoms with Gasteiger partial charge in [-0.15, -0.1) is 10.2 Å². The van der Waals surface area contributed by atoms with E-state index < -0.39 is 12.1 Å². The molecule has 128 valence electrons. The first-order valence-corrected chi connectivity index (χ1v) is 7.33. The third kappa shape index (κ3) is 3.36. The minimum Gasteiger partial charge on any atom is -0.417 e. The molecular weight excluding hydrogens is 327 g/mol. The minimum absolute atomic E-state index is 0.0375. The zero-order valence-corrected chi connectivity index (χ0v) is 12.7. The van der Waals surface area contributed by atoms with Crippen LogP contribution in [-0.2, 0) is 6.18 Å². The van der Waals surface area contributed by atoms with Crippen LogP contribution >= 0.6 is 0 Å². The summed E-state index contributed by atoms with van der Waals surface area (Å²) in [6.45, 7) is 2.53. The van der Waals surface area contributed by atoms with Crippen LogP contribution in [-0.4, -0.2) is 44.1 Å². The molecule has 1 fully saturated rings. The molecule has 10 heteroatoms. The predicted molar refractivity (Wildman–Crippen MR) is 73.9 cm³/mol. The summed E-state index contributed by atoms with van der Waals surface area (Å²) in [4.78, 5) is 22.0. The van der Waals surface area contributed by atoms with Crippen molar-refractivity contribution >= 4 is 5.91 Å². The molecule has 0 N–H and O–H groups in total. The van der Waals surface area contributed by atoms with Gasteiger partial charge in [0.05, 0.1) is 11.9 Å². The van der Waals surface area contributed by atoms with E-state index >= 15 is 0 Å². The normalized spacial score (nSPS) is 16.4. The van der Waals surface area contributed by atoms with E-state index in [1.54, 1.807) is 11.8 Å². The number of likely N-dealkylation sites (tertiary alicyclic amines) is 1. The van der Waals surface area contributed by atoms with Crippen LogP contribution in [0.4, 0.5) is 13.2 Å². The second kappa shape index (κ2) is 6.17. The summed E-state index contributed by atoms with van der Waals surface area (Å²) in [5.74, 6) is -1.92. The standard InChI is InChI=1S/C14H14F3N5O2/c1-8-6-19-10(7-18-8)12(23)22-4-2-9(3-5-22)11-20-21-13(24-11)14(15,16)17/h6-7,9H,2-5H2,1H3. The molecule has 0 aliphatic carbocycles. The second-order valence-electron chi connectivity index (χ2n) is 5.55. The Morgan fingerprint density at radius 2 is 1.92 bits per heavy atom. The molecule has 1 aliphatic heterocycles. The fraction of sp³-hybridized carbons (Fsp3) is 0.500.